The van der Waals surface area contributed by atoms with Crippen LogP contribution in [0.2, 0.25) is 15.1 Å². The molecule has 8 heteroatoms. The van der Waals surface area contributed by atoms with Gasteiger partial charge in [0.15, 0.2) is 0 Å². The van der Waals surface area contributed by atoms with E-state index in [1.165, 1.54) is 0 Å². The van der Waals surface area contributed by atoms with Crippen LogP contribution in [0, 0.1) is 5.41 Å². The van der Waals surface area contributed by atoms with E-state index in [0.717, 1.165) is 5.69 Å². The molecule has 1 atom stereocenters. The molecule has 0 aliphatic carbocycles. The van der Waals surface area contributed by atoms with Gasteiger partial charge in [-0.05, 0) is 41.8 Å². The normalized spacial score (nSPS) is 15.5. The SMILES string of the molecule is CC(C)(C)[C@@H](NC(=O)c1cccc(Cl)c1)C(=O)N1CCN(c2ccc(Cl)c(Cl)c2)CC1. The van der Waals surface area contributed by atoms with Crippen LogP contribution >= 0.6 is 34.8 Å². The number of benzene rings is 2. The average molecular weight is 483 g/mol. The maximum atomic E-state index is 13.3. The van der Waals surface area contributed by atoms with Gasteiger partial charge in [0.1, 0.15) is 6.04 Å². The Kier molecular flexibility index (Phi) is 7.40. The van der Waals surface area contributed by atoms with E-state index in [2.05, 4.69) is 10.2 Å². The third kappa shape index (κ3) is 5.85. The zero-order valence-electron chi connectivity index (χ0n) is 17.8. The van der Waals surface area contributed by atoms with Gasteiger partial charge in [-0.1, -0.05) is 61.6 Å². The summed E-state index contributed by atoms with van der Waals surface area (Å²) in [6.45, 7) is 8.28. The largest absolute Gasteiger partial charge is 0.368 e. The van der Waals surface area contributed by atoms with Gasteiger partial charge in [0, 0.05) is 42.5 Å². The van der Waals surface area contributed by atoms with E-state index in [0.29, 0.717) is 46.8 Å². The first-order valence-corrected chi connectivity index (χ1v) is 11.2. The maximum Gasteiger partial charge on any atom is 0.251 e. The minimum Gasteiger partial charge on any atom is -0.368 e. The van der Waals surface area contributed by atoms with Crippen molar-refractivity contribution in [3.05, 3.63) is 63.1 Å². The van der Waals surface area contributed by atoms with Gasteiger partial charge in [-0.3, -0.25) is 9.59 Å². The summed E-state index contributed by atoms with van der Waals surface area (Å²) in [6, 6.07) is 11.6. The van der Waals surface area contributed by atoms with Crippen LogP contribution in [0.5, 0.6) is 0 Å². The molecule has 166 valence electrons. The number of carbonyl (C=O) groups excluding carboxylic acids is 2. The molecule has 31 heavy (non-hydrogen) atoms. The number of halogens is 3. The number of nitrogens with one attached hydrogen (secondary N) is 1. The first kappa shape index (κ1) is 23.7. The van der Waals surface area contributed by atoms with Gasteiger partial charge in [0.2, 0.25) is 5.91 Å². The first-order chi connectivity index (χ1) is 14.6. The Morgan fingerprint density at radius 2 is 1.61 bits per heavy atom. The van der Waals surface area contributed by atoms with Crippen molar-refractivity contribution >= 4 is 52.3 Å². The predicted octanol–water partition coefficient (Wildman–Crippen LogP) is 5.14. The van der Waals surface area contributed by atoms with Crippen LogP contribution < -0.4 is 10.2 Å². The molecule has 0 spiro atoms. The molecule has 3 rings (SSSR count). The average Bonchev–Trinajstić information content (AvgIpc) is 2.72. The summed E-state index contributed by atoms with van der Waals surface area (Å²) in [4.78, 5) is 30.1. The van der Waals surface area contributed by atoms with Gasteiger partial charge >= 0.3 is 0 Å². The molecule has 2 aromatic carbocycles. The van der Waals surface area contributed by atoms with Crippen molar-refractivity contribution in [2.75, 3.05) is 31.1 Å². The van der Waals surface area contributed by atoms with Gasteiger partial charge in [-0.15, -0.1) is 0 Å². The van der Waals surface area contributed by atoms with Gasteiger partial charge in [0.25, 0.3) is 5.91 Å². The van der Waals surface area contributed by atoms with E-state index in [9.17, 15) is 9.59 Å². The molecule has 1 aliphatic rings. The van der Waals surface area contributed by atoms with Crippen molar-refractivity contribution in [3.8, 4) is 0 Å². The Bertz CT molecular complexity index is 967. The number of nitrogens with zero attached hydrogens (tertiary/aromatic N) is 2. The minimum absolute atomic E-state index is 0.0864. The van der Waals surface area contributed by atoms with Crippen molar-refractivity contribution < 1.29 is 9.59 Å². The highest BCUT2D eigenvalue weighted by Gasteiger charge is 2.37. The molecule has 2 amide bonds. The highest BCUT2D eigenvalue weighted by Crippen LogP contribution is 2.28. The molecule has 1 heterocycles. The molecular formula is C23H26Cl3N3O2. The Morgan fingerprint density at radius 1 is 0.935 bits per heavy atom. The van der Waals surface area contributed by atoms with Crippen molar-refractivity contribution in [1.29, 1.82) is 0 Å². The van der Waals surface area contributed by atoms with Gasteiger partial charge in [-0.25, -0.2) is 0 Å². The molecule has 0 bridgehead atoms. The molecular weight excluding hydrogens is 457 g/mol. The zero-order valence-corrected chi connectivity index (χ0v) is 20.1. The lowest BCUT2D eigenvalue weighted by molar-refractivity contribution is -0.136. The summed E-state index contributed by atoms with van der Waals surface area (Å²) in [7, 11) is 0. The van der Waals surface area contributed by atoms with Gasteiger partial charge < -0.3 is 15.1 Å². The molecule has 5 nitrogen and oxygen atoms in total. The second-order valence-electron chi connectivity index (χ2n) is 8.69. The van der Waals surface area contributed by atoms with Crippen LogP contribution in [0.25, 0.3) is 0 Å². The minimum atomic E-state index is -0.657. The van der Waals surface area contributed by atoms with E-state index >= 15 is 0 Å². The second-order valence-corrected chi connectivity index (χ2v) is 9.94. The third-order valence-corrected chi connectivity index (χ3v) is 6.31. The fourth-order valence-corrected chi connectivity index (χ4v) is 4.02. The van der Waals surface area contributed by atoms with E-state index in [1.54, 1.807) is 30.3 Å². The molecule has 1 fully saturated rings. The van der Waals surface area contributed by atoms with Crippen LogP contribution in [0.4, 0.5) is 5.69 Å². The Labute approximate surface area is 198 Å². The molecule has 2 aromatic rings. The van der Waals surface area contributed by atoms with Crippen molar-refractivity contribution in [3.63, 3.8) is 0 Å². The highest BCUT2D eigenvalue weighted by molar-refractivity contribution is 6.42. The fourth-order valence-electron chi connectivity index (χ4n) is 3.54. The number of anilines is 1. The van der Waals surface area contributed by atoms with Crippen molar-refractivity contribution in [1.82, 2.24) is 10.2 Å². The summed E-state index contributed by atoms with van der Waals surface area (Å²) in [5.74, 6) is -0.401. The summed E-state index contributed by atoms with van der Waals surface area (Å²) in [5.41, 5.74) is 0.953. The Hall–Kier alpha value is -1.95. The monoisotopic (exact) mass is 481 g/mol. The summed E-state index contributed by atoms with van der Waals surface area (Å²) in [6.07, 6.45) is 0. The van der Waals surface area contributed by atoms with Crippen LogP contribution in [-0.2, 0) is 4.79 Å². The molecule has 0 unspecified atom stereocenters. The van der Waals surface area contributed by atoms with E-state index in [4.69, 9.17) is 34.8 Å². The number of amides is 2. The molecule has 0 radical (unpaired) electrons. The van der Waals surface area contributed by atoms with Crippen LogP contribution in [0.15, 0.2) is 42.5 Å². The Morgan fingerprint density at radius 3 is 2.19 bits per heavy atom. The summed E-state index contributed by atoms with van der Waals surface area (Å²) < 4.78 is 0. The predicted molar refractivity (Wildman–Crippen MR) is 127 cm³/mol. The number of hydrogen-bond donors (Lipinski definition) is 1. The molecule has 1 N–H and O–H groups in total. The molecule has 0 aromatic heterocycles. The lowest BCUT2D eigenvalue weighted by Gasteiger charge is -2.40. The van der Waals surface area contributed by atoms with Crippen LogP contribution in [0.1, 0.15) is 31.1 Å². The summed E-state index contributed by atoms with van der Waals surface area (Å²) in [5, 5.41) is 4.42. The fraction of sp³-hybridized carbons (Fsp3) is 0.391. The number of piperazine rings is 1. The highest BCUT2D eigenvalue weighted by atomic mass is 35.5. The van der Waals surface area contributed by atoms with E-state index in [1.807, 2.05) is 37.8 Å². The smallest absolute Gasteiger partial charge is 0.251 e. The number of rotatable bonds is 4. The molecule has 0 saturated carbocycles. The second kappa shape index (κ2) is 9.68. The third-order valence-electron chi connectivity index (χ3n) is 5.33. The van der Waals surface area contributed by atoms with Crippen LogP contribution in [-0.4, -0.2) is 48.9 Å². The number of carbonyl (C=O) groups is 2. The zero-order chi connectivity index (χ0) is 22.8. The lowest BCUT2D eigenvalue weighted by atomic mass is 9.85. The topological polar surface area (TPSA) is 52.7 Å². The quantitative estimate of drug-likeness (QED) is 0.656. The standard InChI is InChI=1S/C23H26Cl3N3O2/c1-23(2,3)20(27-21(30)15-5-4-6-16(24)13-15)22(31)29-11-9-28(10-12-29)17-7-8-18(25)19(26)14-17/h4-8,13-14,20H,9-12H2,1-3H3,(H,27,30)/t20-/m0/s1. The van der Waals surface area contributed by atoms with E-state index < -0.39 is 11.5 Å². The van der Waals surface area contributed by atoms with Gasteiger partial charge in [0.05, 0.1) is 10.0 Å². The molecule has 1 saturated heterocycles. The van der Waals surface area contributed by atoms with Gasteiger partial charge in [-0.2, -0.15) is 0 Å². The lowest BCUT2D eigenvalue weighted by Crippen LogP contribution is -2.58. The maximum absolute atomic E-state index is 13.3. The van der Waals surface area contributed by atoms with E-state index in [-0.39, 0.29) is 11.8 Å². The first-order valence-electron chi connectivity index (χ1n) is 10.1. The van der Waals surface area contributed by atoms with Crippen LogP contribution in [0.3, 0.4) is 0 Å². The Balaban J connectivity index is 1.68. The molecule has 1 aliphatic heterocycles. The summed E-state index contributed by atoms with van der Waals surface area (Å²) >= 11 is 18.2. The number of hydrogen-bond acceptors (Lipinski definition) is 3. The van der Waals surface area contributed by atoms with Crippen molar-refractivity contribution in [2.45, 2.75) is 26.8 Å². The van der Waals surface area contributed by atoms with Crippen molar-refractivity contribution in [2.24, 2.45) is 5.41 Å².